The van der Waals surface area contributed by atoms with Crippen molar-refractivity contribution in [2.24, 2.45) is 0 Å². The molecule has 0 radical (unpaired) electrons. The van der Waals surface area contributed by atoms with Gasteiger partial charge in [0, 0.05) is 5.02 Å². The number of rotatable bonds is 2. The molecule has 1 heterocycles. The maximum atomic E-state index is 13.4. The second-order valence-electron chi connectivity index (χ2n) is 3.36. The average Bonchev–Trinajstić information content (AvgIpc) is 2.64. The molecular weight excluding hydrogens is 231 g/mol. The Morgan fingerprint density at radius 2 is 2.06 bits per heavy atom. The SMILES string of the molecule is Cc1ccc(C(=O)c2ccc(Cl)cc2F)o1. The fraction of sp³-hybridized carbons (Fsp3) is 0.0833. The normalized spacial score (nSPS) is 10.4. The van der Waals surface area contributed by atoms with Crippen LogP contribution >= 0.6 is 11.6 Å². The molecule has 0 fully saturated rings. The first-order chi connectivity index (χ1) is 7.58. The summed E-state index contributed by atoms with van der Waals surface area (Å²) in [4.78, 5) is 11.8. The van der Waals surface area contributed by atoms with Crippen LogP contribution < -0.4 is 0 Å². The van der Waals surface area contributed by atoms with Crippen LogP contribution in [0.5, 0.6) is 0 Å². The third kappa shape index (κ3) is 1.99. The molecular formula is C12H8ClFO2. The largest absolute Gasteiger partial charge is 0.458 e. The highest BCUT2D eigenvalue weighted by Gasteiger charge is 2.17. The number of furan rings is 1. The summed E-state index contributed by atoms with van der Waals surface area (Å²) in [5.74, 6) is -0.398. The molecule has 0 amide bonds. The second-order valence-corrected chi connectivity index (χ2v) is 3.80. The number of hydrogen-bond donors (Lipinski definition) is 0. The Morgan fingerprint density at radius 1 is 1.31 bits per heavy atom. The molecule has 4 heteroatoms. The van der Waals surface area contributed by atoms with Gasteiger partial charge in [-0.3, -0.25) is 4.79 Å². The molecule has 2 nitrogen and oxygen atoms in total. The van der Waals surface area contributed by atoms with Crippen molar-refractivity contribution in [3.63, 3.8) is 0 Å². The summed E-state index contributed by atoms with van der Waals surface area (Å²) in [6.45, 7) is 1.72. The number of carbonyl (C=O) groups is 1. The van der Waals surface area contributed by atoms with Crippen LogP contribution in [0.1, 0.15) is 21.9 Å². The highest BCUT2D eigenvalue weighted by molar-refractivity contribution is 6.30. The lowest BCUT2D eigenvalue weighted by Crippen LogP contribution is -2.02. The Bertz CT molecular complexity index is 546. The number of benzene rings is 1. The van der Waals surface area contributed by atoms with E-state index in [1.165, 1.54) is 18.2 Å². The summed E-state index contributed by atoms with van der Waals surface area (Å²) in [6.07, 6.45) is 0. The van der Waals surface area contributed by atoms with E-state index in [4.69, 9.17) is 16.0 Å². The molecule has 82 valence electrons. The molecule has 0 saturated carbocycles. The fourth-order valence-electron chi connectivity index (χ4n) is 1.36. The molecule has 0 N–H and O–H groups in total. The van der Waals surface area contributed by atoms with Crippen LogP contribution in [-0.4, -0.2) is 5.78 Å². The van der Waals surface area contributed by atoms with Gasteiger partial charge in [-0.2, -0.15) is 0 Å². The Balaban J connectivity index is 2.41. The van der Waals surface area contributed by atoms with E-state index in [2.05, 4.69) is 0 Å². The van der Waals surface area contributed by atoms with Crippen molar-refractivity contribution in [3.8, 4) is 0 Å². The summed E-state index contributed by atoms with van der Waals surface area (Å²) in [6, 6.07) is 7.09. The van der Waals surface area contributed by atoms with Crippen LogP contribution in [0.25, 0.3) is 0 Å². The van der Waals surface area contributed by atoms with Gasteiger partial charge in [0.2, 0.25) is 5.78 Å². The molecule has 0 aliphatic rings. The van der Waals surface area contributed by atoms with Gasteiger partial charge in [0.25, 0.3) is 0 Å². The van der Waals surface area contributed by atoms with Crippen molar-refractivity contribution < 1.29 is 13.6 Å². The van der Waals surface area contributed by atoms with Gasteiger partial charge in [-0.15, -0.1) is 0 Å². The van der Waals surface area contributed by atoms with Gasteiger partial charge < -0.3 is 4.42 Å². The minimum atomic E-state index is -0.647. The van der Waals surface area contributed by atoms with Crippen LogP contribution in [0.15, 0.2) is 34.7 Å². The maximum absolute atomic E-state index is 13.4. The van der Waals surface area contributed by atoms with Crippen molar-refractivity contribution in [2.75, 3.05) is 0 Å². The molecule has 0 saturated heterocycles. The Hall–Kier alpha value is -1.61. The molecule has 0 atom stereocenters. The first-order valence-corrected chi connectivity index (χ1v) is 5.02. The molecule has 1 aromatic heterocycles. The molecule has 0 aliphatic carbocycles. The van der Waals surface area contributed by atoms with E-state index in [-0.39, 0.29) is 16.3 Å². The van der Waals surface area contributed by atoms with E-state index in [0.717, 1.165) is 6.07 Å². The molecule has 0 bridgehead atoms. The molecule has 16 heavy (non-hydrogen) atoms. The van der Waals surface area contributed by atoms with Crippen LogP contribution in [0, 0.1) is 12.7 Å². The number of hydrogen-bond acceptors (Lipinski definition) is 2. The smallest absolute Gasteiger partial charge is 0.231 e. The summed E-state index contributed by atoms with van der Waals surface area (Å²) < 4.78 is 18.6. The van der Waals surface area contributed by atoms with Gasteiger partial charge in [-0.05, 0) is 37.3 Å². The van der Waals surface area contributed by atoms with Gasteiger partial charge in [0.1, 0.15) is 11.6 Å². The van der Waals surface area contributed by atoms with Crippen LogP contribution in [-0.2, 0) is 0 Å². The van der Waals surface area contributed by atoms with E-state index < -0.39 is 11.6 Å². The van der Waals surface area contributed by atoms with Crippen molar-refractivity contribution in [3.05, 3.63) is 58.3 Å². The van der Waals surface area contributed by atoms with Crippen LogP contribution in [0.2, 0.25) is 5.02 Å². The predicted molar refractivity (Wildman–Crippen MR) is 58.3 cm³/mol. The highest BCUT2D eigenvalue weighted by atomic mass is 35.5. The monoisotopic (exact) mass is 238 g/mol. The second kappa shape index (κ2) is 4.10. The number of carbonyl (C=O) groups excluding carboxylic acids is 1. The standard InChI is InChI=1S/C12H8ClFO2/c1-7-2-5-11(16-7)12(15)9-4-3-8(13)6-10(9)14/h2-6H,1H3. The van der Waals surface area contributed by atoms with Gasteiger partial charge in [-0.25, -0.2) is 4.39 Å². The third-order valence-electron chi connectivity index (χ3n) is 2.14. The minimum absolute atomic E-state index is 0.0428. The van der Waals surface area contributed by atoms with Gasteiger partial charge >= 0.3 is 0 Å². The van der Waals surface area contributed by atoms with E-state index in [0.29, 0.717) is 5.76 Å². The Labute approximate surface area is 96.6 Å². The van der Waals surface area contributed by atoms with E-state index in [1.54, 1.807) is 13.0 Å². The summed E-state index contributed by atoms with van der Waals surface area (Å²) in [5, 5.41) is 0.254. The zero-order valence-corrected chi connectivity index (χ0v) is 9.22. The first kappa shape index (κ1) is 10.9. The molecule has 0 aliphatic heterocycles. The third-order valence-corrected chi connectivity index (χ3v) is 2.38. The van der Waals surface area contributed by atoms with Gasteiger partial charge in [0.05, 0.1) is 5.56 Å². The van der Waals surface area contributed by atoms with E-state index in [1.807, 2.05) is 0 Å². The Kier molecular flexibility index (Phi) is 2.79. The predicted octanol–water partition coefficient (Wildman–Crippen LogP) is 3.61. The van der Waals surface area contributed by atoms with Gasteiger partial charge in [0.15, 0.2) is 5.76 Å². The van der Waals surface area contributed by atoms with E-state index in [9.17, 15) is 9.18 Å². The lowest BCUT2D eigenvalue weighted by atomic mass is 10.1. The number of ketones is 1. The zero-order chi connectivity index (χ0) is 11.7. The average molecular weight is 239 g/mol. The van der Waals surface area contributed by atoms with Crippen molar-refractivity contribution >= 4 is 17.4 Å². The van der Waals surface area contributed by atoms with Crippen LogP contribution in [0.4, 0.5) is 4.39 Å². The number of halogens is 2. The Morgan fingerprint density at radius 3 is 2.62 bits per heavy atom. The highest BCUT2D eigenvalue weighted by Crippen LogP contribution is 2.19. The van der Waals surface area contributed by atoms with Crippen LogP contribution in [0.3, 0.4) is 0 Å². The minimum Gasteiger partial charge on any atom is -0.458 e. The lowest BCUT2D eigenvalue weighted by Gasteiger charge is -2.00. The maximum Gasteiger partial charge on any atom is 0.231 e. The van der Waals surface area contributed by atoms with Crippen molar-refractivity contribution in [1.82, 2.24) is 0 Å². The topological polar surface area (TPSA) is 30.2 Å². The molecule has 2 rings (SSSR count). The summed E-state index contributed by atoms with van der Waals surface area (Å²) >= 11 is 5.60. The summed E-state index contributed by atoms with van der Waals surface area (Å²) in [5.41, 5.74) is -0.0428. The zero-order valence-electron chi connectivity index (χ0n) is 8.46. The van der Waals surface area contributed by atoms with Crippen molar-refractivity contribution in [2.45, 2.75) is 6.92 Å². The summed E-state index contributed by atoms with van der Waals surface area (Å²) in [7, 11) is 0. The van der Waals surface area contributed by atoms with Gasteiger partial charge in [-0.1, -0.05) is 11.6 Å². The quantitative estimate of drug-likeness (QED) is 0.748. The molecule has 0 spiro atoms. The molecule has 0 unspecified atom stereocenters. The molecule has 2 aromatic rings. The fourth-order valence-corrected chi connectivity index (χ4v) is 1.52. The number of aryl methyl sites for hydroxylation is 1. The first-order valence-electron chi connectivity index (χ1n) is 4.64. The lowest BCUT2D eigenvalue weighted by molar-refractivity contribution is 0.100. The van der Waals surface area contributed by atoms with E-state index >= 15 is 0 Å². The molecule has 1 aromatic carbocycles. The van der Waals surface area contributed by atoms with Crippen molar-refractivity contribution in [1.29, 1.82) is 0 Å².